The van der Waals surface area contributed by atoms with E-state index in [1.807, 2.05) is 37.3 Å². The summed E-state index contributed by atoms with van der Waals surface area (Å²) in [6.45, 7) is 1.81. The summed E-state index contributed by atoms with van der Waals surface area (Å²) in [7, 11) is 1.53. The normalized spacial score (nSPS) is 11.1. The number of benzene rings is 3. The number of methoxy groups -OCH3 is 1. The lowest BCUT2D eigenvalue weighted by Gasteiger charge is -2.13. The maximum Gasteiger partial charge on any atom is 0.344 e. The average molecular weight is 454 g/mol. The zero-order valence-electron chi connectivity index (χ0n) is 18.6. The quantitative estimate of drug-likeness (QED) is 0.316. The Balaban J connectivity index is 1.63. The van der Waals surface area contributed by atoms with E-state index in [0.29, 0.717) is 51.1 Å². The van der Waals surface area contributed by atoms with Gasteiger partial charge in [-0.25, -0.2) is 4.79 Å². The van der Waals surface area contributed by atoms with Crippen LogP contribution in [0.4, 0.5) is 0 Å². The van der Waals surface area contributed by atoms with Crippen molar-refractivity contribution in [2.24, 2.45) is 0 Å². The van der Waals surface area contributed by atoms with Crippen molar-refractivity contribution < 1.29 is 19.4 Å². The summed E-state index contributed by atoms with van der Waals surface area (Å²) in [5.41, 5.74) is 4.37. The van der Waals surface area contributed by atoms with E-state index in [1.165, 1.54) is 13.2 Å². The van der Waals surface area contributed by atoms with Gasteiger partial charge in [0.1, 0.15) is 22.8 Å². The molecule has 0 atom stereocenters. The van der Waals surface area contributed by atoms with Crippen LogP contribution >= 0.6 is 0 Å². The highest BCUT2D eigenvalue weighted by atomic mass is 16.5. The fourth-order valence-corrected chi connectivity index (χ4v) is 4.33. The van der Waals surface area contributed by atoms with E-state index in [9.17, 15) is 15.0 Å². The molecular formula is C27H22N2O5. The van der Waals surface area contributed by atoms with Crippen LogP contribution in [0, 0.1) is 6.92 Å². The van der Waals surface area contributed by atoms with Crippen LogP contribution in [-0.2, 0) is 6.42 Å². The molecule has 7 heteroatoms. The molecule has 2 heterocycles. The summed E-state index contributed by atoms with van der Waals surface area (Å²) in [4.78, 5) is 13.0. The Morgan fingerprint density at radius 3 is 2.53 bits per heavy atom. The second-order valence-electron chi connectivity index (χ2n) is 8.03. The van der Waals surface area contributed by atoms with Crippen LogP contribution in [0.25, 0.3) is 33.4 Å². The Bertz CT molecular complexity index is 1570. The molecule has 170 valence electrons. The van der Waals surface area contributed by atoms with Crippen LogP contribution in [0.5, 0.6) is 17.2 Å². The van der Waals surface area contributed by atoms with Crippen LogP contribution in [0.1, 0.15) is 16.7 Å². The smallest absolute Gasteiger partial charge is 0.344 e. The number of hydrogen-bond acceptors (Lipinski definition) is 6. The number of phenols is 2. The Morgan fingerprint density at radius 1 is 1.00 bits per heavy atom. The van der Waals surface area contributed by atoms with E-state index in [0.717, 1.165) is 11.1 Å². The fraction of sp³-hybridized carbons (Fsp3) is 0.111. The maximum atomic E-state index is 13.0. The molecule has 0 amide bonds. The third kappa shape index (κ3) is 3.57. The summed E-state index contributed by atoms with van der Waals surface area (Å²) >= 11 is 0. The lowest BCUT2D eigenvalue weighted by atomic mass is 9.95. The monoisotopic (exact) mass is 454 g/mol. The van der Waals surface area contributed by atoms with E-state index in [-0.39, 0.29) is 11.5 Å². The standard InChI is InChI=1S/C27H22N2O5/c1-15-23(16-6-4-3-5-7-16)27(32)34-26-17(8-11-21(30)24(15)26)12-18-14-28-29-25(18)20-10-9-19(33-2)13-22(20)31/h3-11,13-14,30-31H,12H2,1-2H3,(H,28,29). The number of rotatable bonds is 5. The Kier molecular flexibility index (Phi) is 5.30. The topological polar surface area (TPSA) is 109 Å². The van der Waals surface area contributed by atoms with Gasteiger partial charge in [0.15, 0.2) is 0 Å². The molecule has 0 aliphatic carbocycles. The molecular weight excluding hydrogens is 432 g/mol. The minimum absolute atomic E-state index is 0.0393. The van der Waals surface area contributed by atoms with Crippen LogP contribution < -0.4 is 10.4 Å². The van der Waals surface area contributed by atoms with Gasteiger partial charge in [0, 0.05) is 29.2 Å². The van der Waals surface area contributed by atoms with Crippen molar-refractivity contribution >= 4 is 11.0 Å². The molecule has 0 radical (unpaired) electrons. The summed E-state index contributed by atoms with van der Waals surface area (Å²) in [5, 5.41) is 28.7. The number of H-pyrrole nitrogens is 1. The van der Waals surface area contributed by atoms with Gasteiger partial charge in [-0.2, -0.15) is 5.10 Å². The first-order valence-electron chi connectivity index (χ1n) is 10.7. The van der Waals surface area contributed by atoms with Gasteiger partial charge >= 0.3 is 5.63 Å². The van der Waals surface area contributed by atoms with E-state index in [4.69, 9.17) is 9.15 Å². The van der Waals surface area contributed by atoms with E-state index in [2.05, 4.69) is 10.2 Å². The Labute approximate surface area is 194 Å². The number of aromatic hydroxyl groups is 2. The minimum Gasteiger partial charge on any atom is -0.507 e. The third-order valence-corrected chi connectivity index (χ3v) is 6.00. The number of phenolic OH excluding ortho intramolecular Hbond substituents is 2. The SMILES string of the molecule is COc1ccc(-c2[nH]ncc2Cc2ccc(O)c3c(C)c(-c4ccccc4)c(=O)oc23)c(O)c1. The number of aromatic nitrogens is 2. The van der Waals surface area contributed by atoms with Crippen molar-refractivity contribution in [3.05, 3.63) is 94.0 Å². The first-order chi connectivity index (χ1) is 16.5. The fourth-order valence-electron chi connectivity index (χ4n) is 4.33. The van der Waals surface area contributed by atoms with E-state index in [1.54, 1.807) is 30.5 Å². The molecule has 0 bridgehead atoms. The summed E-state index contributed by atoms with van der Waals surface area (Å²) in [6, 6.07) is 17.6. The zero-order chi connectivity index (χ0) is 23.8. The molecule has 0 aliphatic rings. The van der Waals surface area contributed by atoms with Crippen molar-refractivity contribution in [1.29, 1.82) is 0 Å². The second kappa shape index (κ2) is 8.44. The molecule has 0 aliphatic heterocycles. The van der Waals surface area contributed by atoms with Crippen molar-refractivity contribution in [1.82, 2.24) is 10.2 Å². The number of aromatic amines is 1. The molecule has 34 heavy (non-hydrogen) atoms. The number of nitrogens with one attached hydrogen (secondary N) is 1. The molecule has 0 saturated heterocycles. The summed E-state index contributed by atoms with van der Waals surface area (Å²) in [5.74, 6) is 0.631. The van der Waals surface area contributed by atoms with Gasteiger partial charge in [0.2, 0.25) is 0 Å². The molecule has 3 N–H and O–H groups in total. The Hall–Kier alpha value is -4.52. The van der Waals surface area contributed by atoms with Gasteiger partial charge in [-0.15, -0.1) is 0 Å². The number of aryl methyl sites for hydroxylation is 1. The van der Waals surface area contributed by atoms with Gasteiger partial charge in [0.05, 0.1) is 30.0 Å². The summed E-state index contributed by atoms with van der Waals surface area (Å²) < 4.78 is 10.9. The third-order valence-electron chi connectivity index (χ3n) is 6.00. The van der Waals surface area contributed by atoms with Crippen LogP contribution in [0.2, 0.25) is 0 Å². The highest BCUT2D eigenvalue weighted by Gasteiger charge is 2.20. The first kappa shape index (κ1) is 21.3. The predicted molar refractivity (Wildman–Crippen MR) is 129 cm³/mol. The van der Waals surface area contributed by atoms with Crippen LogP contribution in [0.15, 0.2) is 76.1 Å². The second-order valence-corrected chi connectivity index (χ2v) is 8.03. The number of ether oxygens (including phenoxy) is 1. The van der Waals surface area contributed by atoms with Gasteiger partial charge < -0.3 is 19.4 Å². The van der Waals surface area contributed by atoms with Gasteiger partial charge in [-0.1, -0.05) is 36.4 Å². The molecule has 7 nitrogen and oxygen atoms in total. The van der Waals surface area contributed by atoms with E-state index >= 15 is 0 Å². The number of fused-ring (bicyclic) bond motifs is 1. The molecule has 5 aromatic rings. The Morgan fingerprint density at radius 2 is 1.79 bits per heavy atom. The lowest BCUT2D eigenvalue weighted by Crippen LogP contribution is -2.07. The predicted octanol–water partition coefficient (Wildman–Crippen LogP) is 5.17. The molecule has 0 unspecified atom stereocenters. The highest BCUT2D eigenvalue weighted by molar-refractivity contribution is 5.93. The molecule has 0 saturated carbocycles. The number of hydrogen-bond donors (Lipinski definition) is 3. The van der Waals surface area contributed by atoms with Crippen LogP contribution in [0.3, 0.4) is 0 Å². The minimum atomic E-state index is -0.469. The molecule has 0 fully saturated rings. The van der Waals surface area contributed by atoms with Crippen molar-refractivity contribution in [3.8, 4) is 39.6 Å². The first-order valence-corrected chi connectivity index (χ1v) is 10.7. The van der Waals surface area contributed by atoms with E-state index < -0.39 is 5.63 Å². The number of nitrogens with zero attached hydrogens (tertiary/aromatic N) is 1. The van der Waals surface area contributed by atoms with Gasteiger partial charge in [-0.3, -0.25) is 5.10 Å². The molecule has 0 spiro atoms. The molecule has 3 aromatic carbocycles. The zero-order valence-corrected chi connectivity index (χ0v) is 18.6. The largest absolute Gasteiger partial charge is 0.507 e. The lowest BCUT2D eigenvalue weighted by molar-refractivity contribution is 0.408. The maximum absolute atomic E-state index is 13.0. The van der Waals surface area contributed by atoms with Gasteiger partial charge in [0.25, 0.3) is 0 Å². The average Bonchev–Trinajstić information content (AvgIpc) is 3.29. The molecule has 2 aromatic heterocycles. The summed E-state index contributed by atoms with van der Waals surface area (Å²) in [6.07, 6.45) is 2.03. The highest BCUT2D eigenvalue weighted by Crippen LogP contribution is 2.37. The molecule has 5 rings (SSSR count). The van der Waals surface area contributed by atoms with Crippen molar-refractivity contribution in [2.45, 2.75) is 13.3 Å². The van der Waals surface area contributed by atoms with Crippen LogP contribution in [-0.4, -0.2) is 27.5 Å². The van der Waals surface area contributed by atoms with Gasteiger partial charge in [-0.05, 0) is 36.2 Å². The van der Waals surface area contributed by atoms with Crippen molar-refractivity contribution in [2.75, 3.05) is 7.11 Å². The van der Waals surface area contributed by atoms with Crippen molar-refractivity contribution in [3.63, 3.8) is 0 Å².